The van der Waals surface area contributed by atoms with E-state index in [1.807, 2.05) is 169 Å². The van der Waals surface area contributed by atoms with Gasteiger partial charge >= 0.3 is 18.2 Å². The van der Waals surface area contributed by atoms with Crippen LogP contribution in [0, 0.1) is 17.8 Å². The number of aliphatic carboxylic acids is 1. The number of ether oxygens (including phenoxy) is 2. The number of carboxylic acids is 1. The molecule has 0 saturated carbocycles. The van der Waals surface area contributed by atoms with Crippen LogP contribution in [0.2, 0.25) is 0 Å². The van der Waals surface area contributed by atoms with Crippen molar-refractivity contribution in [2.45, 2.75) is 245 Å². The highest BCUT2D eigenvalue weighted by Crippen LogP contribution is 2.28. The number of hydrogen-bond donors (Lipinski definition) is 13. The van der Waals surface area contributed by atoms with E-state index < -0.39 is 95.7 Å². The molecule has 9 atom stereocenters. The number of carbonyl (C=O) groups is 11. The molecule has 10 amide bonds. The van der Waals surface area contributed by atoms with Crippen molar-refractivity contribution < 1.29 is 82.6 Å². The van der Waals surface area contributed by atoms with Crippen LogP contribution in [0.15, 0.2) is 127 Å². The molecule has 6 aromatic carbocycles. The fourth-order valence-corrected chi connectivity index (χ4v) is 14.7. The third kappa shape index (κ3) is 33.0. The highest BCUT2D eigenvalue weighted by Gasteiger charge is 2.41. The predicted molar refractivity (Wildman–Crippen MR) is 471 cm³/mol. The van der Waals surface area contributed by atoms with Crippen molar-refractivity contribution in [1.29, 1.82) is 0 Å². The smallest absolute Gasteiger partial charge is 0.407 e. The van der Waals surface area contributed by atoms with Gasteiger partial charge in [0.05, 0.1) is 24.4 Å². The third-order valence-electron chi connectivity index (χ3n) is 21.5. The molecule has 3 aliphatic heterocycles. The van der Waals surface area contributed by atoms with Crippen molar-refractivity contribution in [3.05, 3.63) is 144 Å². The summed E-state index contributed by atoms with van der Waals surface area (Å²) in [6.07, 6.45) is 5.21. The van der Waals surface area contributed by atoms with Crippen molar-refractivity contribution in [2.75, 3.05) is 58.9 Å². The Labute approximate surface area is 718 Å². The zero-order valence-electron chi connectivity index (χ0n) is 72.5. The third-order valence-corrected chi connectivity index (χ3v) is 21.5. The van der Waals surface area contributed by atoms with Crippen molar-refractivity contribution in [3.63, 3.8) is 0 Å². The number of hydrogen-bond acceptors (Lipinski definition) is 18. The number of likely N-dealkylation sites (tertiary alicyclic amines) is 3. The van der Waals surface area contributed by atoms with Gasteiger partial charge in [-0.15, -0.1) is 12.4 Å². The molecule has 6 aromatic rings. The van der Waals surface area contributed by atoms with Gasteiger partial charge in [0.1, 0.15) is 41.4 Å². The predicted octanol–water partition coefficient (Wildman–Crippen LogP) is 8.66. The first-order chi connectivity index (χ1) is 57.0. The first kappa shape index (κ1) is 102. The molecule has 3 aliphatic rings. The zero-order valence-corrected chi connectivity index (χ0v) is 73.3. The summed E-state index contributed by atoms with van der Waals surface area (Å²) >= 11 is 0. The normalized spacial score (nSPS) is 16.6. The summed E-state index contributed by atoms with van der Waals surface area (Å²) in [5, 5.41) is 64.2. The summed E-state index contributed by atoms with van der Waals surface area (Å²) in [5.74, 6) is -3.00. The maximum absolute atomic E-state index is 13.5. The second kappa shape index (κ2) is 50.4. The van der Waals surface area contributed by atoms with Crippen LogP contribution in [0.1, 0.15) is 177 Å². The molecule has 0 radical (unpaired) electrons. The summed E-state index contributed by atoms with van der Waals surface area (Å²) in [4.78, 5) is 143. The molecule has 0 aromatic heterocycles. The number of benzene rings is 6. The molecule has 15 N–H and O–H groups in total. The number of halogens is 1. The number of nitrogens with two attached hydrogens (primary N) is 2. The lowest BCUT2D eigenvalue weighted by molar-refractivity contribution is -0.150. The van der Waals surface area contributed by atoms with Gasteiger partial charge in [-0.25, -0.2) is 14.4 Å². The second-order valence-corrected chi connectivity index (χ2v) is 33.0. The van der Waals surface area contributed by atoms with Crippen LogP contribution in [-0.2, 0) is 71.9 Å². The van der Waals surface area contributed by atoms with E-state index in [0.717, 1.165) is 94.0 Å². The van der Waals surface area contributed by atoms with Crippen LogP contribution in [0.5, 0.6) is 0 Å². The van der Waals surface area contributed by atoms with Gasteiger partial charge in [0, 0.05) is 89.5 Å². The van der Waals surface area contributed by atoms with Gasteiger partial charge in [0.2, 0.25) is 47.3 Å². The Kier molecular flexibility index (Phi) is 42.3. The monoisotopic (exact) mass is 1700 g/mol. The van der Waals surface area contributed by atoms with E-state index >= 15 is 0 Å². The lowest BCUT2D eigenvalue weighted by Gasteiger charge is -2.29. The first-order valence-electron chi connectivity index (χ1n) is 42.5. The van der Waals surface area contributed by atoms with Crippen molar-refractivity contribution in [1.82, 2.24) is 51.9 Å². The summed E-state index contributed by atoms with van der Waals surface area (Å²) < 4.78 is 10.3. The number of nitrogens with zero attached hydrogens (tertiary/aromatic N) is 3. The number of aliphatic hydroxyl groups excluding tert-OH is 3. The van der Waals surface area contributed by atoms with Gasteiger partial charge in [-0.1, -0.05) is 169 Å². The Bertz CT molecular complexity index is 4360. The molecule has 0 spiro atoms. The minimum Gasteiger partial charge on any atom is -0.480 e. The lowest BCUT2D eigenvalue weighted by Crippen LogP contribution is -2.55. The SMILES string of the molecule is CC(C)(C)OC(=O)NCC(O)CNC(=O)[C@H](N)Cc1ccc2ccccc2c1.CCC(CC)C(=O)N1CCCC1C(=O)N[C@H](Cc1ccc2ccccc2c1)C(=O)NCC(O)CN.CCC(CC)C(=O)N1CCCC1C(=O)N[C@H](Cc1ccc2ccccc2c1)C(=O)NCC(O)CNC(=O)OC(C)(C)C.CCC(CC)C(=O)N1CCCC1C(=O)O.Cl. The molecule has 30 heteroatoms. The molecule has 0 aliphatic carbocycles. The summed E-state index contributed by atoms with van der Waals surface area (Å²) in [6.45, 7) is 23.7. The van der Waals surface area contributed by atoms with Gasteiger partial charge in [0.25, 0.3) is 0 Å². The minimum atomic E-state index is -1.07. The van der Waals surface area contributed by atoms with E-state index in [-0.39, 0.29) is 118 Å². The molecule has 3 heterocycles. The maximum Gasteiger partial charge on any atom is 0.407 e. The quantitative estimate of drug-likeness (QED) is 0.0180. The number of aliphatic hydroxyl groups is 3. The fourth-order valence-electron chi connectivity index (χ4n) is 14.7. The molecule has 9 rings (SSSR count). The van der Waals surface area contributed by atoms with Crippen molar-refractivity contribution in [3.8, 4) is 0 Å². The Hall–Kier alpha value is -10.0. The Morgan fingerprint density at radius 3 is 1.02 bits per heavy atom. The number of amides is 10. The largest absolute Gasteiger partial charge is 0.480 e. The van der Waals surface area contributed by atoms with Crippen LogP contribution in [-0.4, -0.2) is 225 Å². The van der Waals surface area contributed by atoms with Crippen molar-refractivity contribution >= 4 is 110 Å². The zero-order chi connectivity index (χ0) is 88.4. The van der Waals surface area contributed by atoms with Crippen LogP contribution in [0.25, 0.3) is 32.3 Å². The number of carbonyl (C=O) groups excluding carboxylic acids is 10. The molecule has 3 fully saturated rings. The molecule has 666 valence electrons. The number of alkyl carbamates (subject to hydrolysis) is 2. The highest BCUT2D eigenvalue weighted by atomic mass is 35.5. The number of nitrogens with one attached hydrogen (secondary N) is 7. The molecular weight excluding hydrogens is 1570 g/mol. The molecule has 29 nitrogen and oxygen atoms in total. The van der Waals surface area contributed by atoms with Crippen LogP contribution >= 0.6 is 12.4 Å². The minimum absolute atomic E-state index is 0. The second-order valence-electron chi connectivity index (χ2n) is 33.0. The lowest BCUT2D eigenvalue weighted by atomic mass is 10.00. The standard InChI is InChI=1S/C32H46N4O6.C27H38N4O4.C21H29N3O4.C11H19NO3.ClH/c1-6-22(7-2)30(40)36-16-10-13-27(36)29(39)35-26(18-21-14-15-23-11-8-9-12-24(23)17-21)28(38)33-19-25(37)20-34-31(41)42-32(3,4)5;1-3-19(4-2)27(35)31-13-7-10-24(31)26(34)30-23(25(33)29-17-22(32)16-28)15-18-11-12-20-8-5-6-9-21(20)14-18;1-21(2,3)28-20(27)24-13-17(25)12-23-19(26)18(22)11-14-8-9-15-6-4-5-7-16(15)10-14;1-3-8(4-2)10(13)12-7-5-6-9(12)11(14)15;/h8-9,11-12,14-15,17,22,25-27,37H,6-7,10,13,16,18-20H2,1-5H3,(H,33,38)(H,34,41)(H,35,39);5-6,8-9,11-12,14,19,22-24,32H,3-4,7,10,13,15-17,28H2,1-2H3,(H,29,33)(H,30,34);4-10,17-18,25H,11-13,22H2,1-3H3,(H,23,26)(H,24,27);8-9H,3-7H2,1-2H3,(H,14,15);1H/t25?,26-,27?;22?,23-,24?;17?,18-;;/m111../s1. The van der Waals surface area contributed by atoms with E-state index in [1.165, 1.54) is 0 Å². The first-order valence-corrected chi connectivity index (χ1v) is 42.5. The van der Waals surface area contributed by atoms with E-state index in [2.05, 4.69) is 37.2 Å². The molecule has 6 unspecified atom stereocenters. The van der Waals surface area contributed by atoms with Gasteiger partial charge < -0.3 is 93.3 Å². The van der Waals surface area contributed by atoms with E-state index in [1.54, 1.807) is 56.2 Å². The fraction of sp³-hybridized carbons (Fsp3) is 0.549. The topological polar surface area (TPSA) is 433 Å². The average Bonchev–Trinajstić information content (AvgIpc) is 1.78. The van der Waals surface area contributed by atoms with Gasteiger partial charge in [-0.3, -0.25) is 38.4 Å². The maximum atomic E-state index is 13.5. The van der Waals surface area contributed by atoms with Crippen LogP contribution in [0.3, 0.4) is 0 Å². The van der Waals surface area contributed by atoms with Crippen LogP contribution in [0.4, 0.5) is 9.59 Å². The van der Waals surface area contributed by atoms with E-state index in [9.17, 15) is 68.1 Å². The number of fused-ring (bicyclic) bond motifs is 3. The van der Waals surface area contributed by atoms with E-state index in [4.69, 9.17) is 26.0 Å². The van der Waals surface area contributed by atoms with Gasteiger partial charge in [-0.2, -0.15) is 0 Å². The Balaban J connectivity index is 0.000000300. The van der Waals surface area contributed by atoms with Gasteiger partial charge in [-0.05, 0) is 174 Å². The molecule has 0 bridgehead atoms. The summed E-state index contributed by atoms with van der Waals surface area (Å²) in [6, 6.07) is 37.3. The average molecular weight is 1700 g/mol. The molecular formula is C91H133ClN12O17. The Morgan fingerprint density at radius 1 is 0.413 bits per heavy atom. The molecule has 3 saturated heterocycles. The van der Waals surface area contributed by atoms with E-state index in [0.29, 0.717) is 58.2 Å². The number of rotatable bonds is 34. The van der Waals surface area contributed by atoms with Crippen LogP contribution < -0.4 is 48.7 Å². The Morgan fingerprint density at radius 2 is 0.702 bits per heavy atom. The number of carboxylic acid groups (broad SMARTS) is 1. The summed E-state index contributed by atoms with van der Waals surface area (Å²) in [5.41, 5.74) is 12.9. The van der Waals surface area contributed by atoms with Gasteiger partial charge in [0.15, 0.2) is 0 Å². The molecule has 121 heavy (non-hydrogen) atoms. The summed E-state index contributed by atoms with van der Waals surface area (Å²) in [7, 11) is 0. The highest BCUT2D eigenvalue weighted by molar-refractivity contribution is 5.95. The van der Waals surface area contributed by atoms with Crippen molar-refractivity contribution in [2.24, 2.45) is 29.2 Å².